The van der Waals surface area contributed by atoms with Crippen molar-refractivity contribution in [3.63, 3.8) is 0 Å². The SMILES string of the molecule is CC[C@H](C)CN[C@H]1O[C@H]2CC3[C@@H]4CCC5C[C@@H](NC[C@@H](N)Cc6ccc(C(F)(F)F)cc6)CC[C@]5(C)C4CC[C@]3(C)C2[C@@H]1C.O=CO.SI. The summed E-state index contributed by atoms with van der Waals surface area (Å²) in [7, 11) is 3.50. The first-order chi connectivity index (χ1) is 23.2. The average molecular weight is 824 g/mol. The number of halogens is 4. The van der Waals surface area contributed by atoms with Gasteiger partial charge >= 0.3 is 6.18 Å². The van der Waals surface area contributed by atoms with Gasteiger partial charge in [0.05, 0.1) is 11.7 Å². The van der Waals surface area contributed by atoms with E-state index in [1.54, 1.807) is 12.1 Å². The van der Waals surface area contributed by atoms with E-state index in [-0.39, 0.29) is 18.7 Å². The standard InChI is InChI=1S/C37H58F3N3O.CH2O2.HIS/c1-6-22(2)20-43-34-23(3)33-32(44-34)19-31-29-12-11-26-18-28(13-15-35(26,4)30(29)14-16-36(31,33)5)42-21-27(41)17-24-7-9-25(10-8-24)37(38,39)40;2-1-3;1-2/h7-10,22-23,26-34,42-43H,6,11-21,41H2,1-5H3;1H,(H,2,3);2H/t22-,23-,26?,27-,28-,29+,30?,31?,32-,33?,34-,35-,36-;;/m0../s1. The number of nitrogens with one attached hydrogen (secondary N) is 2. The van der Waals surface area contributed by atoms with Gasteiger partial charge in [-0.2, -0.15) is 13.2 Å². The van der Waals surface area contributed by atoms with Crippen LogP contribution in [0.2, 0.25) is 0 Å². The Hall–Kier alpha value is -0.600. The molecular weight excluding hydrogens is 762 g/mol. The summed E-state index contributed by atoms with van der Waals surface area (Å²) in [6.07, 6.45) is 8.54. The molecule has 0 bridgehead atoms. The van der Waals surface area contributed by atoms with Crippen LogP contribution in [0.1, 0.15) is 104 Å². The van der Waals surface area contributed by atoms with Crippen LogP contribution in [-0.4, -0.2) is 49.1 Å². The van der Waals surface area contributed by atoms with Gasteiger partial charge in [0, 0.05) is 31.1 Å². The average Bonchev–Trinajstić information content (AvgIpc) is 3.56. The van der Waals surface area contributed by atoms with Crippen molar-refractivity contribution in [1.82, 2.24) is 10.6 Å². The molecule has 0 amide bonds. The number of nitrogens with two attached hydrogens (primary N) is 1. The van der Waals surface area contributed by atoms with E-state index in [4.69, 9.17) is 20.4 Å². The maximum Gasteiger partial charge on any atom is 0.416 e. The van der Waals surface area contributed by atoms with Crippen LogP contribution >= 0.6 is 31.0 Å². The molecule has 1 saturated heterocycles. The van der Waals surface area contributed by atoms with Crippen LogP contribution in [-0.2, 0) is 22.1 Å². The highest BCUT2D eigenvalue weighted by Crippen LogP contribution is 2.69. The number of fused-ring (bicyclic) bond motifs is 7. The summed E-state index contributed by atoms with van der Waals surface area (Å²) in [5.41, 5.74) is 7.54. The fourth-order valence-electron chi connectivity index (χ4n) is 11.3. The largest absolute Gasteiger partial charge is 0.483 e. The molecule has 1 heterocycles. The summed E-state index contributed by atoms with van der Waals surface area (Å²) in [4.78, 5) is 8.36. The molecule has 4 unspecified atom stereocenters. The van der Waals surface area contributed by atoms with Gasteiger partial charge in [0.25, 0.3) is 6.47 Å². The number of hydrogen-bond donors (Lipinski definition) is 5. The second-order valence-electron chi connectivity index (χ2n) is 16.5. The molecule has 5 N–H and O–H groups in total. The molecule has 11 heteroatoms. The first kappa shape index (κ1) is 41.2. The minimum atomic E-state index is -4.30. The molecule has 0 spiro atoms. The maximum atomic E-state index is 12.9. The van der Waals surface area contributed by atoms with Crippen LogP contribution in [0.4, 0.5) is 13.2 Å². The van der Waals surface area contributed by atoms with E-state index in [9.17, 15) is 13.2 Å². The van der Waals surface area contributed by atoms with E-state index in [2.05, 4.69) is 55.1 Å². The molecule has 4 saturated carbocycles. The van der Waals surface area contributed by atoms with E-state index in [1.807, 2.05) is 21.2 Å². The van der Waals surface area contributed by atoms with Crippen LogP contribution in [0.15, 0.2) is 24.3 Å². The lowest BCUT2D eigenvalue weighted by molar-refractivity contribution is -0.137. The Labute approximate surface area is 310 Å². The summed E-state index contributed by atoms with van der Waals surface area (Å²) < 4.78 is 45.5. The van der Waals surface area contributed by atoms with Gasteiger partial charge < -0.3 is 20.9 Å². The van der Waals surface area contributed by atoms with Crippen molar-refractivity contribution in [3.8, 4) is 0 Å². The maximum absolute atomic E-state index is 12.9. The van der Waals surface area contributed by atoms with Crippen LogP contribution in [0.5, 0.6) is 0 Å². The van der Waals surface area contributed by atoms with Crippen molar-refractivity contribution in [2.45, 2.75) is 129 Å². The van der Waals surface area contributed by atoms with E-state index < -0.39 is 11.7 Å². The molecule has 5 aliphatic rings. The van der Waals surface area contributed by atoms with E-state index in [0.29, 0.717) is 53.7 Å². The number of carbonyl (C=O) groups is 1. The molecule has 6 nitrogen and oxygen atoms in total. The van der Waals surface area contributed by atoms with Crippen molar-refractivity contribution in [1.29, 1.82) is 0 Å². The van der Waals surface area contributed by atoms with Crippen LogP contribution in [0.3, 0.4) is 0 Å². The van der Waals surface area contributed by atoms with Gasteiger partial charge in [-0.15, -0.1) is 9.80 Å². The third-order valence-corrected chi connectivity index (χ3v) is 13.9. The van der Waals surface area contributed by atoms with Gasteiger partial charge in [0.1, 0.15) is 6.23 Å². The lowest BCUT2D eigenvalue weighted by Gasteiger charge is -2.61. The van der Waals surface area contributed by atoms with Gasteiger partial charge in [-0.05, 0) is 143 Å². The normalized spacial score (nSPS) is 39.0. The van der Waals surface area contributed by atoms with Crippen LogP contribution < -0.4 is 16.4 Å². The number of thiol groups is 1. The van der Waals surface area contributed by atoms with Gasteiger partial charge in [-0.25, -0.2) is 0 Å². The van der Waals surface area contributed by atoms with Gasteiger partial charge in [0.2, 0.25) is 0 Å². The van der Waals surface area contributed by atoms with Crippen molar-refractivity contribution in [2.24, 2.45) is 58.0 Å². The topological polar surface area (TPSA) is 96.6 Å². The van der Waals surface area contributed by atoms with Crippen molar-refractivity contribution >= 4 is 37.5 Å². The van der Waals surface area contributed by atoms with E-state index >= 15 is 0 Å². The van der Waals surface area contributed by atoms with Crippen LogP contribution in [0, 0.1) is 52.3 Å². The predicted molar refractivity (Wildman–Crippen MR) is 202 cm³/mol. The summed E-state index contributed by atoms with van der Waals surface area (Å²) in [5, 5.41) is 14.5. The second kappa shape index (κ2) is 17.5. The molecule has 0 aromatic heterocycles. The fraction of sp³-hybridized carbons (Fsp3) is 0.816. The van der Waals surface area contributed by atoms with Crippen molar-refractivity contribution < 1.29 is 27.8 Å². The Morgan fingerprint density at radius 2 is 1.69 bits per heavy atom. The molecular formula is C38H61F3IN3O3S. The minimum absolute atomic E-state index is 0.108. The number of benzene rings is 1. The highest BCUT2D eigenvalue weighted by atomic mass is 127. The Balaban J connectivity index is 0.00000103. The Morgan fingerprint density at radius 1 is 1.04 bits per heavy atom. The Morgan fingerprint density at radius 3 is 2.33 bits per heavy atom. The minimum Gasteiger partial charge on any atom is -0.483 e. The predicted octanol–water partition coefficient (Wildman–Crippen LogP) is 8.77. The number of alkyl halides is 3. The van der Waals surface area contributed by atoms with Gasteiger partial charge in [-0.3, -0.25) is 10.1 Å². The smallest absolute Gasteiger partial charge is 0.416 e. The van der Waals surface area contributed by atoms with Crippen LogP contribution in [0.25, 0.3) is 0 Å². The zero-order valence-electron chi connectivity index (χ0n) is 30.0. The van der Waals surface area contributed by atoms with Crippen molar-refractivity contribution in [2.75, 3.05) is 13.1 Å². The summed E-state index contributed by atoms with van der Waals surface area (Å²) >= 11 is 1.84. The zero-order valence-corrected chi connectivity index (χ0v) is 33.1. The fourth-order valence-corrected chi connectivity index (χ4v) is 11.3. The Kier molecular flexibility index (Phi) is 14.7. The lowest BCUT2D eigenvalue weighted by Crippen LogP contribution is -2.56. The molecule has 280 valence electrons. The first-order valence-electron chi connectivity index (χ1n) is 18.5. The van der Waals surface area contributed by atoms with Gasteiger partial charge in [0.15, 0.2) is 0 Å². The summed E-state index contributed by atoms with van der Waals surface area (Å²) in [6, 6.07) is 5.83. The zero-order chi connectivity index (χ0) is 36.1. The summed E-state index contributed by atoms with van der Waals surface area (Å²) in [5.74, 6) is 5.17. The number of hydrogen-bond acceptors (Lipinski definition) is 6. The third kappa shape index (κ3) is 8.96. The molecule has 49 heavy (non-hydrogen) atoms. The molecule has 13 atom stereocenters. The molecule has 6 rings (SSSR count). The molecule has 0 radical (unpaired) electrons. The highest BCUT2D eigenvalue weighted by Gasteiger charge is 2.65. The number of rotatable bonds is 9. The quantitative estimate of drug-likeness (QED) is 0.0972. The molecule has 1 aromatic rings. The third-order valence-electron chi connectivity index (χ3n) is 13.9. The lowest BCUT2D eigenvalue weighted by atomic mass is 9.44. The number of carboxylic acid groups (broad SMARTS) is 1. The monoisotopic (exact) mass is 823 g/mol. The summed E-state index contributed by atoms with van der Waals surface area (Å²) in [6.45, 7) is 13.8. The Bertz CT molecular complexity index is 1200. The highest BCUT2D eigenvalue weighted by molar-refractivity contribution is 14.2. The van der Waals surface area contributed by atoms with E-state index in [0.717, 1.165) is 47.9 Å². The molecule has 1 aliphatic heterocycles. The van der Waals surface area contributed by atoms with E-state index in [1.165, 1.54) is 57.8 Å². The van der Waals surface area contributed by atoms with Crippen molar-refractivity contribution in [3.05, 3.63) is 35.4 Å². The first-order valence-corrected chi connectivity index (χ1v) is 21.8. The number of ether oxygens (including phenoxy) is 1. The molecule has 1 aromatic carbocycles. The van der Waals surface area contributed by atoms with Gasteiger partial charge in [-0.1, -0.05) is 53.2 Å². The molecule has 4 aliphatic carbocycles. The molecule has 5 fully saturated rings. The second-order valence-corrected chi connectivity index (χ2v) is 16.5.